The Hall–Kier alpha value is -2.66. The summed E-state index contributed by atoms with van der Waals surface area (Å²) in [5.74, 6) is -0.287. The van der Waals surface area contributed by atoms with E-state index in [9.17, 15) is 9.59 Å². The Balaban J connectivity index is 1.55. The van der Waals surface area contributed by atoms with Gasteiger partial charge >= 0.3 is 0 Å². The van der Waals surface area contributed by atoms with Crippen LogP contribution in [0.25, 0.3) is 0 Å². The van der Waals surface area contributed by atoms with Gasteiger partial charge in [0.2, 0.25) is 11.7 Å². The van der Waals surface area contributed by atoms with Gasteiger partial charge in [0, 0.05) is 28.0 Å². The average Bonchev–Trinajstić information content (AvgIpc) is 3.27. The number of hydrogen-bond donors (Lipinski definition) is 1. The number of nitrogens with zero attached hydrogens (tertiary/aromatic N) is 1. The molecule has 1 unspecified atom stereocenters. The second kappa shape index (κ2) is 7.16. The third-order valence-corrected chi connectivity index (χ3v) is 5.91. The number of ketones is 1. The van der Waals surface area contributed by atoms with E-state index in [0.29, 0.717) is 24.2 Å². The highest BCUT2D eigenvalue weighted by atomic mass is 79.9. The van der Waals surface area contributed by atoms with Crippen LogP contribution < -0.4 is 5.32 Å². The van der Waals surface area contributed by atoms with Crippen LogP contribution in [0, 0.1) is 6.92 Å². The Bertz CT molecular complexity index is 1020. The summed E-state index contributed by atoms with van der Waals surface area (Å²) in [4.78, 5) is 25.6. The van der Waals surface area contributed by atoms with Crippen molar-refractivity contribution in [2.24, 2.45) is 0 Å². The van der Waals surface area contributed by atoms with Gasteiger partial charge in [-0.05, 0) is 49.2 Å². The zero-order valence-corrected chi connectivity index (χ0v) is 16.5. The van der Waals surface area contributed by atoms with E-state index in [1.165, 1.54) is 0 Å². The molecule has 5 heteroatoms. The second-order valence-electron chi connectivity index (χ2n) is 6.78. The van der Waals surface area contributed by atoms with Gasteiger partial charge in [0.15, 0.2) is 0 Å². The van der Waals surface area contributed by atoms with Crippen molar-refractivity contribution in [1.29, 1.82) is 0 Å². The second-order valence-corrected chi connectivity index (χ2v) is 7.64. The van der Waals surface area contributed by atoms with Gasteiger partial charge in [0.1, 0.15) is 0 Å². The van der Waals surface area contributed by atoms with Crippen molar-refractivity contribution >= 4 is 33.3 Å². The molecule has 136 valence electrons. The fourth-order valence-corrected chi connectivity index (χ4v) is 3.84. The summed E-state index contributed by atoms with van der Waals surface area (Å²) in [5, 5.41) is 3.00. The first-order valence-corrected chi connectivity index (χ1v) is 9.70. The van der Waals surface area contributed by atoms with Crippen LogP contribution in [0.2, 0.25) is 0 Å². The van der Waals surface area contributed by atoms with Gasteiger partial charge in [-0.15, -0.1) is 0 Å². The first-order valence-electron chi connectivity index (χ1n) is 8.91. The van der Waals surface area contributed by atoms with Crippen LogP contribution >= 0.6 is 15.9 Å². The molecule has 4 rings (SSSR count). The summed E-state index contributed by atoms with van der Waals surface area (Å²) in [5.41, 5.74) is 4.06. The maximum atomic E-state index is 12.8. The molecule has 0 fully saturated rings. The number of benzene rings is 2. The van der Waals surface area contributed by atoms with Crippen molar-refractivity contribution in [1.82, 2.24) is 4.57 Å². The highest BCUT2D eigenvalue weighted by Gasteiger charge is 2.32. The quantitative estimate of drug-likeness (QED) is 0.606. The lowest BCUT2D eigenvalue weighted by atomic mass is 10.0. The lowest BCUT2D eigenvalue weighted by Gasteiger charge is -2.12. The predicted molar refractivity (Wildman–Crippen MR) is 109 cm³/mol. The molecule has 1 atom stereocenters. The smallest absolute Gasteiger partial charge is 0.233 e. The molecule has 1 amide bonds. The van der Waals surface area contributed by atoms with Gasteiger partial charge < -0.3 is 9.88 Å². The van der Waals surface area contributed by atoms with E-state index in [0.717, 1.165) is 21.4 Å². The number of hydrogen-bond acceptors (Lipinski definition) is 2. The van der Waals surface area contributed by atoms with Gasteiger partial charge in [-0.25, -0.2) is 0 Å². The Morgan fingerprint density at radius 3 is 2.59 bits per heavy atom. The number of nitrogens with one attached hydrogen (secondary N) is 1. The van der Waals surface area contributed by atoms with E-state index >= 15 is 0 Å². The van der Waals surface area contributed by atoms with Crippen LogP contribution in [0.15, 0.2) is 65.1 Å². The topological polar surface area (TPSA) is 51.1 Å². The minimum atomic E-state index is -0.244. The molecule has 0 saturated heterocycles. The minimum absolute atomic E-state index is 0.00792. The van der Waals surface area contributed by atoms with Crippen molar-refractivity contribution in [3.05, 3.63) is 87.7 Å². The van der Waals surface area contributed by atoms with Crippen LogP contribution in [0.3, 0.4) is 0 Å². The van der Waals surface area contributed by atoms with Gasteiger partial charge in [0.05, 0.1) is 11.6 Å². The molecular formula is C22H19BrN2O2. The molecule has 0 aliphatic carbocycles. The lowest BCUT2D eigenvalue weighted by molar-refractivity contribution is -0.117. The number of aryl methyl sites for hydroxylation is 1. The maximum Gasteiger partial charge on any atom is 0.233 e. The number of carbonyl (C=O) groups is 2. The van der Waals surface area contributed by atoms with Crippen LogP contribution in [0.5, 0.6) is 0 Å². The summed E-state index contributed by atoms with van der Waals surface area (Å²) in [6, 6.07) is 18.7. The average molecular weight is 423 g/mol. The molecule has 2 aromatic carbocycles. The Kier molecular flexibility index (Phi) is 4.70. The van der Waals surface area contributed by atoms with E-state index in [1.54, 1.807) is 0 Å². The van der Waals surface area contributed by atoms with Gasteiger partial charge in [-0.1, -0.05) is 46.3 Å². The largest absolute Gasteiger partial charge is 0.341 e. The number of aromatic nitrogens is 1. The van der Waals surface area contributed by atoms with Gasteiger partial charge in [0.25, 0.3) is 0 Å². The number of carbonyl (C=O) groups excluding carboxylic acids is 2. The third-order valence-electron chi connectivity index (χ3n) is 5.02. The molecule has 0 saturated carbocycles. The zero-order valence-electron chi connectivity index (χ0n) is 14.9. The van der Waals surface area contributed by atoms with Crippen molar-refractivity contribution < 1.29 is 9.59 Å². The molecule has 1 aliphatic heterocycles. The first-order chi connectivity index (χ1) is 13.0. The van der Waals surface area contributed by atoms with E-state index in [-0.39, 0.29) is 17.6 Å². The molecule has 1 aromatic heterocycles. The van der Waals surface area contributed by atoms with Crippen LogP contribution in [0.4, 0.5) is 5.69 Å². The molecule has 1 aliphatic rings. The van der Waals surface area contributed by atoms with Gasteiger partial charge in [-0.2, -0.15) is 0 Å². The number of amides is 1. The highest BCUT2D eigenvalue weighted by Crippen LogP contribution is 2.32. The van der Waals surface area contributed by atoms with Crippen LogP contribution in [-0.4, -0.2) is 16.3 Å². The van der Waals surface area contributed by atoms with Crippen molar-refractivity contribution in [2.75, 3.05) is 5.32 Å². The fourth-order valence-electron chi connectivity index (χ4n) is 3.60. The first kappa shape index (κ1) is 17.7. The Morgan fingerprint density at radius 1 is 1.07 bits per heavy atom. The summed E-state index contributed by atoms with van der Waals surface area (Å²) in [6.07, 6.45) is 0.701. The van der Waals surface area contributed by atoms with E-state index in [4.69, 9.17) is 0 Å². The van der Waals surface area contributed by atoms with E-state index in [1.807, 2.05) is 72.2 Å². The summed E-state index contributed by atoms with van der Waals surface area (Å²) in [6.45, 7) is 2.66. The normalized spacial score (nSPS) is 15.4. The summed E-state index contributed by atoms with van der Waals surface area (Å²) >= 11 is 3.47. The standard InChI is InChI=1S/C22H19BrN2O2/c1-14-13-16(7-8-18(14)23)24-22(27)17-11-12-25-19(17)9-10-20(25)21(26)15-5-3-2-4-6-15/h2-10,13,17H,11-12H2,1H3,(H,24,27). The fraction of sp³-hybridized carbons (Fsp3) is 0.182. The molecule has 27 heavy (non-hydrogen) atoms. The van der Waals surface area contributed by atoms with Crippen molar-refractivity contribution in [2.45, 2.75) is 25.8 Å². The third kappa shape index (κ3) is 3.35. The number of anilines is 1. The molecule has 0 bridgehead atoms. The maximum absolute atomic E-state index is 12.8. The molecule has 0 spiro atoms. The monoisotopic (exact) mass is 422 g/mol. The van der Waals surface area contributed by atoms with Crippen molar-refractivity contribution in [3.8, 4) is 0 Å². The van der Waals surface area contributed by atoms with E-state index < -0.39 is 0 Å². The number of rotatable bonds is 4. The molecule has 2 heterocycles. The van der Waals surface area contributed by atoms with Crippen molar-refractivity contribution in [3.63, 3.8) is 0 Å². The molecule has 3 aromatic rings. The van der Waals surface area contributed by atoms with E-state index in [2.05, 4.69) is 21.2 Å². The summed E-state index contributed by atoms with van der Waals surface area (Å²) in [7, 11) is 0. The zero-order chi connectivity index (χ0) is 19.0. The van der Waals surface area contributed by atoms with Crippen LogP contribution in [-0.2, 0) is 11.3 Å². The molecule has 0 radical (unpaired) electrons. The number of halogens is 1. The minimum Gasteiger partial charge on any atom is -0.341 e. The molecule has 4 nitrogen and oxygen atoms in total. The Morgan fingerprint density at radius 2 is 1.85 bits per heavy atom. The van der Waals surface area contributed by atoms with Crippen LogP contribution in [0.1, 0.15) is 39.6 Å². The lowest BCUT2D eigenvalue weighted by Crippen LogP contribution is -2.19. The molecular weight excluding hydrogens is 404 g/mol. The predicted octanol–water partition coefficient (Wildman–Crippen LogP) is 4.92. The number of fused-ring (bicyclic) bond motifs is 1. The molecule has 1 N–H and O–H groups in total. The highest BCUT2D eigenvalue weighted by molar-refractivity contribution is 9.10. The summed E-state index contributed by atoms with van der Waals surface area (Å²) < 4.78 is 2.99. The SMILES string of the molecule is Cc1cc(NC(=O)C2CCn3c(C(=O)c4ccccc4)ccc32)ccc1Br. The van der Waals surface area contributed by atoms with Gasteiger partial charge in [-0.3, -0.25) is 9.59 Å². The Labute approximate surface area is 166 Å².